The van der Waals surface area contributed by atoms with Gasteiger partial charge in [-0.25, -0.2) is 4.79 Å². The summed E-state index contributed by atoms with van der Waals surface area (Å²) in [4.78, 5) is 49.5. The van der Waals surface area contributed by atoms with E-state index in [2.05, 4.69) is 25.7 Å². The zero-order valence-electron chi connectivity index (χ0n) is 22.4. The highest BCUT2D eigenvalue weighted by Gasteiger charge is 2.39. The lowest BCUT2D eigenvalue weighted by Gasteiger charge is -2.35. The van der Waals surface area contributed by atoms with Crippen molar-refractivity contribution in [3.05, 3.63) is 48.6 Å². The van der Waals surface area contributed by atoms with Gasteiger partial charge in [0.05, 0.1) is 13.0 Å². The lowest BCUT2D eigenvalue weighted by Crippen LogP contribution is -2.43. The molecule has 1 N–H and O–H groups in total. The zero-order chi connectivity index (χ0) is 27.3. The zero-order valence-corrected chi connectivity index (χ0v) is 23.2. The number of allylic oxidation sites excluding steroid dienone is 1. The maximum Gasteiger partial charge on any atom is 0.329 e. The molecule has 0 radical (unpaired) electrons. The molecule has 0 saturated heterocycles. The van der Waals surface area contributed by atoms with Gasteiger partial charge >= 0.3 is 11.9 Å². The number of ether oxygens (including phenoxy) is 2. The van der Waals surface area contributed by atoms with E-state index in [0.717, 1.165) is 17.3 Å². The van der Waals surface area contributed by atoms with Crippen LogP contribution in [0.15, 0.2) is 43.0 Å². The number of carbonyl (C=O) groups excluding carboxylic acids is 4. The number of hydrogen-bond acceptors (Lipinski definition) is 7. The first-order chi connectivity index (χ1) is 16.9. The Labute approximate surface area is 219 Å². The van der Waals surface area contributed by atoms with E-state index >= 15 is 0 Å². The minimum atomic E-state index is -0.955. The molecule has 1 aromatic carbocycles. The van der Waals surface area contributed by atoms with Gasteiger partial charge in [-0.3, -0.25) is 14.4 Å². The van der Waals surface area contributed by atoms with Crippen molar-refractivity contribution in [2.75, 3.05) is 12.9 Å². The monoisotopic (exact) mass is 519 g/mol. The molecule has 1 amide bonds. The molecule has 1 rings (SSSR count). The molecule has 0 aliphatic carbocycles. The molecule has 36 heavy (non-hydrogen) atoms. The Kier molecular flexibility index (Phi) is 13.5. The van der Waals surface area contributed by atoms with Gasteiger partial charge in [0.1, 0.15) is 12.1 Å². The number of rotatable bonds is 15. The van der Waals surface area contributed by atoms with Crippen LogP contribution in [0.5, 0.6) is 0 Å². The second kappa shape index (κ2) is 15.5. The predicted octanol–water partition coefficient (Wildman–Crippen LogP) is 4.73. The Morgan fingerprint density at radius 1 is 1.14 bits per heavy atom. The molecule has 7 nitrogen and oxygen atoms in total. The Hall–Kier alpha value is -2.61. The molecular weight excluding hydrogens is 478 g/mol. The first-order valence-corrected chi connectivity index (χ1v) is 13.3. The lowest BCUT2D eigenvalue weighted by atomic mass is 9.74. The van der Waals surface area contributed by atoms with Crippen molar-refractivity contribution in [2.45, 2.75) is 72.4 Å². The van der Waals surface area contributed by atoms with E-state index in [4.69, 9.17) is 9.47 Å². The summed E-state index contributed by atoms with van der Waals surface area (Å²) >= 11 is 0.961. The van der Waals surface area contributed by atoms with Crippen molar-refractivity contribution < 1.29 is 28.7 Å². The van der Waals surface area contributed by atoms with E-state index in [1.807, 2.05) is 43.3 Å². The Bertz CT molecular complexity index is 885. The molecule has 1 aromatic rings. The van der Waals surface area contributed by atoms with Gasteiger partial charge in [0, 0.05) is 19.6 Å². The summed E-state index contributed by atoms with van der Waals surface area (Å²) in [5.41, 5.74) is 0.860. The van der Waals surface area contributed by atoms with Gasteiger partial charge in [-0.2, -0.15) is 0 Å². The molecule has 0 bridgehead atoms. The van der Waals surface area contributed by atoms with Gasteiger partial charge in [0.25, 0.3) is 0 Å². The van der Waals surface area contributed by atoms with Crippen molar-refractivity contribution in [1.29, 1.82) is 0 Å². The predicted molar refractivity (Wildman–Crippen MR) is 143 cm³/mol. The molecule has 0 fully saturated rings. The van der Waals surface area contributed by atoms with E-state index < -0.39 is 35.9 Å². The van der Waals surface area contributed by atoms with E-state index in [0.29, 0.717) is 25.7 Å². The maximum absolute atomic E-state index is 13.7. The summed E-state index contributed by atoms with van der Waals surface area (Å²) in [6.45, 7) is 12.7. The molecule has 0 spiro atoms. The number of aryl methyl sites for hydroxylation is 1. The minimum absolute atomic E-state index is 0.0222. The average molecular weight is 520 g/mol. The SMILES string of the molecule is C=CC(C)(C)CC(CC)C(C(=O)SCC(NC(C)=O)C(=O)OC)C(CCc1ccccc1)OC(C)=O. The van der Waals surface area contributed by atoms with E-state index in [9.17, 15) is 19.2 Å². The first kappa shape index (κ1) is 31.4. The minimum Gasteiger partial charge on any atom is -0.467 e. The number of carbonyl (C=O) groups is 4. The van der Waals surface area contributed by atoms with Gasteiger partial charge in [-0.15, -0.1) is 6.58 Å². The number of nitrogens with one attached hydrogen (secondary N) is 1. The van der Waals surface area contributed by atoms with Crippen molar-refractivity contribution >= 4 is 34.7 Å². The molecule has 200 valence electrons. The van der Waals surface area contributed by atoms with Crippen LogP contribution in [0.3, 0.4) is 0 Å². The molecule has 0 aliphatic rings. The van der Waals surface area contributed by atoms with Crippen LogP contribution in [-0.2, 0) is 35.1 Å². The van der Waals surface area contributed by atoms with Crippen LogP contribution < -0.4 is 5.32 Å². The number of hydrogen-bond donors (Lipinski definition) is 1. The van der Waals surface area contributed by atoms with E-state index in [-0.39, 0.29) is 22.2 Å². The van der Waals surface area contributed by atoms with Gasteiger partial charge in [-0.1, -0.05) is 75.4 Å². The molecular formula is C28H41NO6S. The standard InChI is InChI=1S/C28H41NO6S/c1-8-22(17-28(5,6)9-2)25(27(33)36-18-23(26(32)34-7)29-19(3)30)24(35-20(4)31)16-15-21-13-11-10-12-14-21/h9-14,22-25H,2,8,15-18H2,1,3-7H3,(H,29,30). The highest BCUT2D eigenvalue weighted by atomic mass is 32.2. The molecule has 0 aromatic heterocycles. The van der Waals surface area contributed by atoms with E-state index in [1.165, 1.54) is 21.0 Å². The summed E-state index contributed by atoms with van der Waals surface area (Å²) in [6, 6.07) is 8.89. The number of amides is 1. The lowest BCUT2D eigenvalue weighted by molar-refractivity contribution is -0.152. The van der Waals surface area contributed by atoms with Crippen LogP contribution in [0.25, 0.3) is 0 Å². The molecule has 0 saturated carbocycles. The summed E-state index contributed by atoms with van der Waals surface area (Å²) < 4.78 is 10.6. The van der Waals surface area contributed by atoms with Crippen LogP contribution in [0, 0.1) is 17.3 Å². The van der Waals surface area contributed by atoms with Crippen molar-refractivity contribution in [3.8, 4) is 0 Å². The van der Waals surface area contributed by atoms with Crippen molar-refractivity contribution in [2.24, 2.45) is 17.3 Å². The third-order valence-electron chi connectivity index (χ3n) is 6.18. The second-order valence-electron chi connectivity index (χ2n) is 9.67. The number of esters is 2. The fourth-order valence-electron chi connectivity index (χ4n) is 4.23. The number of thioether (sulfide) groups is 1. The highest BCUT2D eigenvalue weighted by Crippen LogP contribution is 2.38. The third-order valence-corrected chi connectivity index (χ3v) is 7.24. The summed E-state index contributed by atoms with van der Waals surface area (Å²) in [7, 11) is 1.23. The van der Waals surface area contributed by atoms with Crippen LogP contribution in [0.2, 0.25) is 0 Å². The third kappa shape index (κ3) is 11.0. The summed E-state index contributed by atoms with van der Waals surface area (Å²) in [5.74, 6) is -2.12. The number of benzene rings is 1. The molecule has 0 heterocycles. The first-order valence-electron chi connectivity index (χ1n) is 12.3. The molecule has 4 unspecified atom stereocenters. The van der Waals surface area contributed by atoms with Crippen LogP contribution in [0.1, 0.15) is 59.4 Å². The topological polar surface area (TPSA) is 98.8 Å². The fourth-order valence-corrected chi connectivity index (χ4v) is 5.32. The van der Waals surface area contributed by atoms with Crippen molar-refractivity contribution in [1.82, 2.24) is 5.32 Å². The van der Waals surface area contributed by atoms with Gasteiger partial charge in [0.15, 0.2) is 5.12 Å². The van der Waals surface area contributed by atoms with E-state index in [1.54, 1.807) is 0 Å². The smallest absolute Gasteiger partial charge is 0.329 e. The fraction of sp³-hybridized carbons (Fsp3) is 0.571. The van der Waals surface area contributed by atoms with Gasteiger partial charge in [-0.05, 0) is 36.2 Å². The second-order valence-corrected chi connectivity index (χ2v) is 10.7. The van der Waals surface area contributed by atoms with Crippen molar-refractivity contribution in [3.63, 3.8) is 0 Å². The largest absolute Gasteiger partial charge is 0.467 e. The Morgan fingerprint density at radius 2 is 1.78 bits per heavy atom. The summed E-state index contributed by atoms with van der Waals surface area (Å²) in [6.07, 6.45) is 3.75. The highest BCUT2D eigenvalue weighted by molar-refractivity contribution is 8.13. The molecule has 0 aliphatic heterocycles. The summed E-state index contributed by atoms with van der Waals surface area (Å²) in [5, 5.41) is 2.36. The van der Waals surface area contributed by atoms with Crippen LogP contribution in [-0.4, -0.2) is 48.0 Å². The Morgan fingerprint density at radius 3 is 2.28 bits per heavy atom. The normalized spacial score (nSPS) is 14.6. The average Bonchev–Trinajstić information content (AvgIpc) is 2.83. The van der Waals surface area contributed by atoms with Crippen LogP contribution in [0.4, 0.5) is 0 Å². The molecule has 8 heteroatoms. The molecule has 4 atom stereocenters. The maximum atomic E-state index is 13.7. The van der Waals surface area contributed by atoms with Gasteiger partial charge < -0.3 is 14.8 Å². The van der Waals surface area contributed by atoms with Crippen LogP contribution >= 0.6 is 11.8 Å². The number of methoxy groups -OCH3 is 1. The quantitative estimate of drug-likeness (QED) is 0.264. The Balaban J connectivity index is 3.28. The van der Waals surface area contributed by atoms with Gasteiger partial charge in [0.2, 0.25) is 5.91 Å².